The van der Waals surface area contributed by atoms with Crippen LogP contribution in [0.25, 0.3) is 11.4 Å². The van der Waals surface area contributed by atoms with Crippen LogP contribution in [0, 0.1) is 13.8 Å². The van der Waals surface area contributed by atoms with Gasteiger partial charge >= 0.3 is 0 Å². The maximum Gasteiger partial charge on any atom is 0.141 e. The standard InChI is InChI=1S/C13H15BrN2O/c1-8-4-5-10(9(2)6-8)13-15-11(7-17)12(14)16(13)3/h4-6,17H,7H2,1-3H3. The molecule has 0 saturated carbocycles. The molecule has 0 atom stereocenters. The Kier molecular flexibility index (Phi) is 3.35. The second-order valence-corrected chi connectivity index (χ2v) is 4.96. The van der Waals surface area contributed by atoms with Crippen LogP contribution in [-0.4, -0.2) is 14.7 Å². The summed E-state index contributed by atoms with van der Waals surface area (Å²) in [5.41, 5.74) is 4.19. The van der Waals surface area contributed by atoms with E-state index in [9.17, 15) is 5.11 Å². The van der Waals surface area contributed by atoms with Crippen LogP contribution in [0.1, 0.15) is 16.8 Å². The van der Waals surface area contributed by atoms with Gasteiger partial charge in [-0.1, -0.05) is 23.8 Å². The maximum atomic E-state index is 9.21. The van der Waals surface area contributed by atoms with Crippen LogP contribution in [-0.2, 0) is 13.7 Å². The molecular weight excluding hydrogens is 280 g/mol. The van der Waals surface area contributed by atoms with Gasteiger partial charge in [-0.2, -0.15) is 0 Å². The highest BCUT2D eigenvalue weighted by molar-refractivity contribution is 9.10. The van der Waals surface area contributed by atoms with Crippen LogP contribution in [0.2, 0.25) is 0 Å². The van der Waals surface area contributed by atoms with E-state index in [0.29, 0.717) is 5.69 Å². The van der Waals surface area contributed by atoms with Crippen molar-refractivity contribution in [2.24, 2.45) is 7.05 Å². The zero-order valence-corrected chi connectivity index (χ0v) is 11.7. The lowest BCUT2D eigenvalue weighted by atomic mass is 10.1. The van der Waals surface area contributed by atoms with Crippen molar-refractivity contribution in [2.45, 2.75) is 20.5 Å². The molecule has 1 heterocycles. The van der Waals surface area contributed by atoms with Gasteiger partial charge in [0.1, 0.15) is 10.4 Å². The number of nitrogens with zero attached hydrogens (tertiary/aromatic N) is 2. The summed E-state index contributed by atoms with van der Waals surface area (Å²) in [6.07, 6.45) is 0. The first-order valence-electron chi connectivity index (χ1n) is 5.44. The highest BCUT2D eigenvalue weighted by atomic mass is 79.9. The molecular formula is C13H15BrN2O. The molecule has 0 aliphatic rings. The van der Waals surface area contributed by atoms with Crippen molar-refractivity contribution in [3.63, 3.8) is 0 Å². The van der Waals surface area contributed by atoms with E-state index in [-0.39, 0.29) is 6.61 Å². The molecule has 1 N–H and O–H groups in total. The number of aliphatic hydroxyl groups is 1. The van der Waals surface area contributed by atoms with E-state index in [1.165, 1.54) is 11.1 Å². The number of hydrogen-bond acceptors (Lipinski definition) is 2. The molecule has 2 aromatic rings. The Balaban J connectivity index is 2.60. The fraction of sp³-hybridized carbons (Fsp3) is 0.308. The smallest absolute Gasteiger partial charge is 0.141 e. The fourth-order valence-corrected chi connectivity index (χ4v) is 2.32. The Labute approximate surface area is 109 Å². The minimum Gasteiger partial charge on any atom is -0.390 e. The van der Waals surface area contributed by atoms with E-state index in [4.69, 9.17) is 0 Å². The monoisotopic (exact) mass is 294 g/mol. The first kappa shape index (κ1) is 12.3. The molecule has 0 bridgehead atoms. The van der Waals surface area contributed by atoms with Crippen molar-refractivity contribution >= 4 is 15.9 Å². The van der Waals surface area contributed by atoms with Crippen LogP contribution in [0.5, 0.6) is 0 Å². The van der Waals surface area contributed by atoms with Crippen LogP contribution < -0.4 is 0 Å². The van der Waals surface area contributed by atoms with Gasteiger partial charge in [0, 0.05) is 12.6 Å². The second kappa shape index (κ2) is 4.63. The van der Waals surface area contributed by atoms with E-state index in [1.807, 2.05) is 11.6 Å². The SMILES string of the molecule is Cc1ccc(-c2nc(CO)c(Br)n2C)c(C)c1. The van der Waals surface area contributed by atoms with E-state index < -0.39 is 0 Å². The summed E-state index contributed by atoms with van der Waals surface area (Å²) in [5.74, 6) is 0.874. The number of aryl methyl sites for hydroxylation is 2. The first-order chi connectivity index (χ1) is 8.04. The summed E-state index contributed by atoms with van der Waals surface area (Å²) < 4.78 is 2.78. The van der Waals surface area contributed by atoms with Crippen molar-refractivity contribution in [1.29, 1.82) is 0 Å². The Morgan fingerprint density at radius 3 is 2.59 bits per heavy atom. The van der Waals surface area contributed by atoms with Crippen LogP contribution >= 0.6 is 15.9 Å². The highest BCUT2D eigenvalue weighted by Gasteiger charge is 2.14. The van der Waals surface area contributed by atoms with Gasteiger partial charge in [-0.25, -0.2) is 4.98 Å². The predicted molar refractivity (Wildman–Crippen MR) is 71.7 cm³/mol. The lowest BCUT2D eigenvalue weighted by Gasteiger charge is -2.07. The highest BCUT2D eigenvalue weighted by Crippen LogP contribution is 2.27. The van der Waals surface area contributed by atoms with Gasteiger partial charge in [0.15, 0.2) is 0 Å². The molecule has 0 radical (unpaired) electrons. The Hall–Kier alpha value is -1.13. The summed E-state index contributed by atoms with van der Waals surface area (Å²) in [6, 6.07) is 6.28. The van der Waals surface area contributed by atoms with E-state index in [0.717, 1.165) is 16.0 Å². The number of rotatable bonds is 2. The Morgan fingerprint density at radius 2 is 2.06 bits per heavy atom. The van der Waals surface area contributed by atoms with Crippen molar-refractivity contribution in [2.75, 3.05) is 0 Å². The average Bonchev–Trinajstić information content (AvgIpc) is 2.57. The predicted octanol–water partition coefficient (Wildman–Crippen LogP) is 2.96. The lowest BCUT2D eigenvalue weighted by molar-refractivity contribution is 0.276. The third-order valence-electron chi connectivity index (χ3n) is 2.86. The van der Waals surface area contributed by atoms with Gasteiger partial charge in [0.05, 0.1) is 12.3 Å². The summed E-state index contributed by atoms with van der Waals surface area (Å²) in [6.45, 7) is 4.09. The van der Waals surface area contributed by atoms with Crippen LogP contribution in [0.15, 0.2) is 22.8 Å². The lowest BCUT2D eigenvalue weighted by Crippen LogP contribution is -1.95. The van der Waals surface area contributed by atoms with Crippen molar-refractivity contribution in [3.05, 3.63) is 39.6 Å². The summed E-state index contributed by atoms with van der Waals surface area (Å²) in [4.78, 5) is 4.45. The van der Waals surface area contributed by atoms with Gasteiger partial charge in [0.25, 0.3) is 0 Å². The van der Waals surface area contributed by atoms with Gasteiger partial charge in [-0.3, -0.25) is 0 Å². The topological polar surface area (TPSA) is 38.1 Å². The molecule has 1 aromatic carbocycles. The summed E-state index contributed by atoms with van der Waals surface area (Å²) in [7, 11) is 1.94. The van der Waals surface area contributed by atoms with E-state index >= 15 is 0 Å². The maximum absolute atomic E-state index is 9.21. The van der Waals surface area contributed by atoms with Crippen LogP contribution in [0.3, 0.4) is 0 Å². The van der Waals surface area contributed by atoms with Gasteiger partial charge in [0.2, 0.25) is 0 Å². The molecule has 0 aliphatic heterocycles. The van der Waals surface area contributed by atoms with E-state index in [1.54, 1.807) is 0 Å². The zero-order valence-electron chi connectivity index (χ0n) is 10.2. The number of hydrogen-bond donors (Lipinski definition) is 1. The third-order valence-corrected chi connectivity index (χ3v) is 3.85. The molecule has 4 heteroatoms. The summed E-state index contributed by atoms with van der Waals surface area (Å²) in [5, 5.41) is 9.21. The largest absolute Gasteiger partial charge is 0.390 e. The van der Waals surface area contributed by atoms with Crippen molar-refractivity contribution in [1.82, 2.24) is 9.55 Å². The molecule has 0 unspecified atom stereocenters. The molecule has 2 rings (SSSR count). The van der Waals surface area contributed by atoms with Gasteiger partial charge < -0.3 is 9.67 Å². The molecule has 0 fully saturated rings. The minimum atomic E-state index is -0.0562. The number of benzene rings is 1. The normalized spacial score (nSPS) is 10.9. The quantitative estimate of drug-likeness (QED) is 0.925. The molecule has 90 valence electrons. The second-order valence-electron chi connectivity index (χ2n) is 4.21. The molecule has 3 nitrogen and oxygen atoms in total. The molecule has 1 aromatic heterocycles. The number of aliphatic hydroxyl groups excluding tert-OH is 1. The first-order valence-corrected chi connectivity index (χ1v) is 6.23. The number of halogens is 1. The number of imidazole rings is 1. The molecule has 0 amide bonds. The number of aromatic nitrogens is 2. The molecule has 0 saturated heterocycles. The third kappa shape index (κ3) is 2.15. The average molecular weight is 295 g/mol. The van der Waals surface area contributed by atoms with Crippen LogP contribution in [0.4, 0.5) is 0 Å². The van der Waals surface area contributed by atoms with Gasteiger partial charge in [-0.05, 0) is 35.3 Å². The van der Waals surface area contributed by atoms with Crippen molar-refractivity contribution in [3.8, 4) is 11.4 Å². The Bertz CT molecular complexity index is 561. The molecule has 0 aliphatic carbocycles. The van der Waals surface area contributed by atoms with Gasteiger partial charge in [-0.15, -0.1) is 0 Å². The zero-order chi connectivity index (χ0) is 12.6. The molecule has 0 spiro atoms. The Morgan fingerprint density at radius 1 is 1.35 bits per heavy atom. The fourth-order valence-electron chi connectivity index (χ4n) is 1.94. The van der Waals surface area contributed by atoms with E-state index in [2.05, 4.69) is 53.0 Å². The minimum absolute atomic E-state index is 0.0562. The molecule has 17 heavy (non-hydrogen) atoms. The summed E-state index contributed by atoms with van der Waals surface area (Å²) >= 11 is 3.44. The van der Waals surface area contributed by atoms with Crippen molar-refractivity contribution < 1.29 is 5.11 Å².